The largest absolute Gasteiger partial charge is 0.462 e. The van der Waals surface area contributed by atoms with Crippen molar-refractivity contribution in [1.82, 2.24) is 5.32 Å². The molecule has 0 heterocycles. The summed E-state index contributed by atoms with van der Waals surface area (Å²) in [7, 11) is 0. The molecule has 0 aliphatic rings. The van der Waals surface area contributed by atoms with Crippen molar-refractivity contribution < 1.29 is 24.5 Å². The molecular formula is C49H89NO5. The third-order valence-corrected chi connectivity index (χ3v) is 10.4. The van der Waals surface area contributed by atoms with Crippen LogP contribution in [-0.4, -0.2) is 46.9 Å². The number of amides is 1. The first-order valence-electron chi connectivity index (χ1n) is 23.4. The standard InChI is InChI=1S/C49H89NO5/c1-4-7-10-13-16-19-21-22-23-24-25-27-29-31-34-37-40-45(55-49(54)42-39-36-33-30-26-20-17-14-11-8-5-2)43-48(53)50-46(44-51)47(52)41-38-35-32-28-18-15-12-9-6-3/h14,17,21-25,27,45-47,51-52H,4-13,15-16,18-20,26,28-44H2,1-3H3,(H,50,53)/b17-14-,22-21+,24-23+,27-25+. The first kappa shape index (κ1) is 52.8. The molecule has 0 saturated heterocycles. The highest BCUT2D eigenvalue weighted by Gasteiger charge is 2.24. The number of nitrogens with one attached hydrogen (secondary N) is 1. The molecule has 0 aliphatic heterocycles. The summed E-state index contributed by atoms with van der Waals surface area (Å²) in [6, 6.07) is -0.711. The van der Waals surface area contributed by atoms with E-state index in [9.17, 15) is 19.8 Å². The first-order chi connectivity index (χ1) is 27.0. The molecule has 6 heteroatoms. The molecule has 0 fully saturated rings. The van der Waals surface area contributed by atoms with E-state index in [2.05, 4.69) is 74.7 Å². The number of hydrogen-bond acceptors (Lipinski definition) is 5. The maximum absolute atomic E-state index is 13.1. The molecular weight excluding hydrogens is 683 g/mol. The second kappa shape index (κ2) is 43.0. The van der Waals surface area contributed by atoms with E-state index < -0.39 is 18.2 Å². The fourth-order valence-corrected chi connectivity index (χ4v) is 6.82. The summed E-state index contributed by atoms with van der Waals surface area (Å²) in [5.41, 5.74) is 0. The lowest BCUT2D eigenvalue weighted by Crippen LogP contribution is -2.46. The number of carbonyl (C=O) groups excluding carboxylic acids is 2. The van der Waals surface area contributed by atoms with Crippen molar-refractivity contribution >= 4 is 11.9 Å². The number of rotatable bonds is 41. The van der Waals surface area contributed by atoms with Crippen molar-refractivity contribution in [3.8, 4) is 0 Å². The lowest BCUT2D eigenvalue weighted by atomic mass is 10.0. The summed E-state index contributed by atoms with van der Waals surface area (Å²) < 4.78 is 5.88. The van der Waals surface area contributed by atoms with Crippen LogP contribution in [0.2, 0.25) is 0 Å². The zero-order valence-electron chi connectivity index (χ0n) is 36.3. The van der Waals surface area contributed by atoms with Gasteiger partial charge in [0.05, 0.1) is 25.2 Å². The monoisotopic (exact) mass is 772 g/mol. The fraction of sp³-hybridized carbons (Fsp3) is 0.796. The third-order valence-electron chi connectivity index (χ3n) is 10.4. The molecule has 0 aromatic carbocycles. The van der Waals surface area contributed by atoms with Gasteiger partial charge < -0.3 is 20.3 Å². The van der Waals surface area contributed by atoms with Crippen LogP contribution < -0.4 is 5.32 Å². The molecule has 3 atom stereocenters. The van der Waals surface area contributed by atoms with Gasteiger partial charge in [-0.25, -0.2) is 0 Å². The third kappa shape index (κ3) is 38.5. The number of hydrogen-bond donors (Lipinski definition) is 3. The number of carbonyl (C=O) groups is 2. The summed E-state index contributed by atoms with van der Waals surface area (Å²) in [4.78, 5) is 26.0. The number of allylic oxidation sites excluding steroid dienone is 8. The molecule has 1 amide bonds. The molecule has 0 radical (unpaired) electrons. The van der Waals surface area contributed by atoms with Gasteiger partial charge in [-0.3, -0.25) is 9.59 Å². The van der Waals surface area contributed by atoms with Crippen LogP contribution in [0.5, 0.6) is 0 Å². The minimum Gasteiger partial charge on any atom is -0.462 e. The second-order valence-electron chi connectivity index (χ2n) is 15.9. The van der Waals surface area contributed by atoms with Crippen molar-refractivity contribution in [3.63, 3.8) is 0 Å². The average molecular weight is 772 g/mol. The smallest absolute Gasteiger partial charge is 0.306 e. The summed E-state index contributed by atoms with van der Waals surface area (Å²) in [5.74, 6) is -0.520. The molecule has 0 aromatic heterocycles. The maximum atomic E-state index is 13.1. The topological polar surface area (TPSA) is 95.9 Å². The summed E-state index contributed by atoms with van der Waals surface area (Å²) in [6.07, 6.45) is 50.3. The van der Waals surface area contributed by atoms with E-state index in [-0.39, 0.29) is 24.9 Å². The van der Waals surface area contributed by atoms with Gasteiger partial charge in [0.25, 0.3) is 0 Å². The number of ether oxygens (including phenoxy) is 1. The molecule has 6 nitrogen and oxygen atoms in total. The fourth-order valence-electron chi connectivity index (χ4n) is 6.82. The summed E-state index contributed by atoms with van der Waals surface area (Å²) in [6.45, 7) is 6.39. The molecule has 0 saturated carbocycles. The Morgan fingerprint density at radius 2 is 0.964 bits per heavy atom. The predicted octanol–water partition coefficient (Wildman–Crippen LogP) is 13.5. The average Bonchev–Trinajstić information content (AvgIpc) is 3.18. The Balaban J connectivity index is 4.70. The van der Waals surface area contributed by atoms with Crippen molar-refractivity contribution in [2.45, 2.75) is 244 Å². The van der Waals surface area contributed by atoms with Crippen LogP contribution in [0.15, 0.2) is 48.6 Å². The van der Waals surface area contributed by atoms with Crippen LogP contribution in [0.25, 0.3) is 0 Å². The van der Waals surface area contributed by atoms with Crippen LogP contribution in [0.1, 0.15) is 226 Å². The van der Waals surface area contributed by atoms with Crippen LogP contribution in [0, 0.1) is 0 Å². The zero-order chi connectivity index (χ0) is 40.3. The van der Waals surface area contributed by atoms with Crippen molar-refractivity contribution in [2.75, 3.05) is 6.61 Å². The van der Waals surface area contributed by atoms with E-state index in [1.807, 2.05) is 0 Å². The van der Waals surface area contributed by atoms with E-state index in [4.69, 9.17) is 4.74 Å². The van der Waals surface area contributed by atoms with Gasteiger partial charge in [-0.1, -0.05) is 191 Å². The quantitative estimate of drug-likeness (QED) is 0.0249. The van der Waals surface area contributed by atoms with Crippen LogP contribution in [0.3, 0.4) is 0 Å². The van der Waals surface area contributed by atoms with Gasteiger partial charge in [-0.2, -0.15) is 0 Å². The van der Waals surface area contributed by atoms with Gasteiger partial charge in [0.15, 0.2) is 0 Å². The number of aliphatic hydroxyl groups is 2. The molecule has 0 spiro atoms. The number of esters is 1. The molecule has 3 N–H and O–H groups in total. The highest BCUT2D eigenvalue weighted by Crippen LogP contribution is 2.17. The Kier molecular flexibility index (Phi) is 41.2. The summed E-state index contributed by atoms with van der Waals surface area (Å²) >= 11 is 0. The molecule has 0 rings (SSSR count). The van der Waals surface area contributed by atoms with Gasteiger partial charge in [0.2, 0.25) is 5.91 Å². The normalized spacial score (nSPS) is 13.8. The van der Waals surface area contributed by atoms with E-state index in [0.717, 1.165) is 77.0 Å². The SMILES string of the molecule is CCCC/C=C\CCCCCCCC(=O)OC(CCCCC/C=C/C=C/C=C/CCCCCCC)CC(=O)NC(CO)C(O)CCCCCCCCCCC. The molecule has 55 heavy (non-hydrogen) atoms. The van der Waals surface area contributed by atoms with Crippen LogP contribution in [0.4, 0.5) is 0 Å². The van der Waals surface area contributed by atoms with Gasteiger partial charge >= 0.3 is 5.97 Å². The highest BCUT2D eigenvalue weighted by molar-refractivity contribution is 5.77. The highest BCUT2D eigenvalue weighted by atomic mass is 16.5. The van der Waals surface area contributed by atoms with Crippen LogP contribution >= 0.6 is 0 Å². The van der Waals surface area contributed by atoms with E-state index in [0.29, 0.717) is 19.3 Å². The summed E-state index contributed by atoms with van der Waals surface area (Å²) in [5, 5.41) is 23.6. The van der Waals surface area contributed by atoms with Gasteiger partial charge in [-0.05, 0) is 70.6 Å². The van der Waals surface area contributed by atoms with Crippen molar-refractivity contribution in [2.24, 2.45) is 0 Å². The van der Waals surface area contributed by atoms with E-state index in [1.165, 1.54) is 103 Å². The maximum Gasteiger partial charge on any atom is 0.306 e. The van der Waals surface area contributed by atoms with E-state index >= 15 is 0 Å². The minimum absolute atomic E-state index is 0.0513. The van der Waals surface area contributed by atoms with Crippen molar-refractivity contribution in [3.05, 3.63) is 48.6 Å². The first-order valence-corrected chi connectivity index (χ1v) is 23.4. The van der Waals surface area contributed by atoms with Crippen LogP contribution in [-0.2, 0) is 14.3 Å². The Labute approximate surface area is 340 Å². The molecule has 0 aromatic rings. The predicted molar refractivity (Wildman–Crippen MR) is 236 cm³/mol. The lowest BCUT2D eigenvalue weighted by Gasteiger charge is -2.24. The Bertz CT molecular complexity index is 957. The molecule has 0 aliphatic carbocycles. The van der Waals surface area contributed by atoms with Gasteiger partial charge in [-0.15, -0.1) is 0 Å². The Morgan fingerprint density at radius 1 is 0.527 bits per heavy atom. The minimum atomic E-state index is -0.796. The van der Waals surface area contributed by atoms with E-state index in [1.54, 1.807) is 0 Å². The van der Waals surface area contributed by atoms with Gasteiger partial charge in [0, 0.05) is 6.42 Å². The van der Waals surface area contributed by atoms with Crippen molar-refractivity contribution in [1.29, 1.82) is 0 Å². The molecule has 320 valence electrons. The molecule has 0 bridgehead atoms. The lowest BCUT2D eigenvalue weighted by molar-refractivity contribution is -0.151. The number of unbranched alkanes of at least 4 members (excludes halogenated alkanes) is 23. The Morgan fingerprint density at radius 3 is 1.51 bits per heavy atom. The van der Waals surface area contributed by atoms with Gasteiger partial charge in [0.1, 0.15) is 6.10 Å². The Hall–Kier alpha value is -2.18. The zero-order valence-corrected chi connectivity index (χ0v) is 36.3. The second-order valence-corrected chi connectivity index (χ2v) is 15.9. The molecule has 3 unspecified atom stereocenters. The number of aliphatic hydroxyl groups excluding tert-OH is 2.